The van der Waals surface area contributed by atoms with Crippen molar-refractivity contribution in [2.75, 3.05) is 19.8 Å². The molecule has 2 saturated heterocycles. The Labute approximate surface area is 88.0 Å². The first-order chi connectivity index (χ1) is 6.62. The fourth-order valence-corrected chi connectivity index (χ4v) is 2.40. The molecule has 0 aliphatic carbocycles. The van der Waals surface area contributed by atoms with Gasteiger partial charge in [-0.2, -0.15) is 0 Å². The van der Waals surface area contributed by atoms with Crippen LogP contribution in [0.15, 0.2) is 0 Å². The van der Waals surface area contributed by atoms with Crippen LogP contribution in [0.2, 0.25) is 0 Å². The Hall–Kier alpha value is -0.0800. The van der Waals surface area contributed by atoms with E-state index in [1.807, 2.05) is 13.8 Å². The third kappa shape index (κ3) is 2.71. The second-order valence-corrected chi connectivity index (χ2v) is 4.93. The van der Waals surface area contributed by atoms with Crippen LogP contribution in [0.5, 0.6) is 0 Å². The van der Waals surface area contributed by atoms with Gasteiger partial charge in [-0.05, 0) is 18.3 Å². The van der Waals surface area contributed by atoms with E-state index in [1.165, 1.54) is 12.8 Å². The molecule has 0 aromatic carbocycles. The van der Waals surface area contributed by atoms with Gasteiger partial charge in [0.1, 0.15) is 0 Å². The monoisotopic (exact) mass is 200 g/mol. The predicted molar refractivity (Wildman–Crippen MR) is 58.5 cm³/mol. The normalized spacial score (nSPS) is 35.1. The molecule has 0 aromatic heterocycles. The second kappa shape index (κ2) is 4.63. The van der Waals surface area contributed by atoms with E-state index in [-0.39, 0.29) is 5.60 Å². The van der Waals surface area contributed by atoms with Crippen molar-refractivity contribution in [3.8, 4) is 0 Å². The summed E-state index contributed by atoms with van der Waals surface area (Å²) in [6.07, 6.45) is 3.45. The number of hydrogen-bond acceptors (Lipinski definition) is 2. The van der Waals surface area contributed by atoms with Crippen molar-refractivity contribution >= 4 is 0 Å². The van der Waals surface area contributed by atoms with Crippen molar-refractivity contribution < 1.29 is 9.47 Å². The van der Waals surface area contributed by atoms with Gasteiger partial charge in [0.05, 0.1) is 12.2 Å². The molecule has 2 heterocycles. The Bertz CT molecular complexity index is 169. The number of hydrogen-bond donors (Lipinski definition) is 0. The summed E-state index contributed by atoms with van der Waals surface area (Å²) >= 11 is 0. The molecule has 2 nitrogen and oxygen atoms in total. The molecule has 1 spiro atoms. The Morgan fingerprint density at radius 2 is 1.71 bits per heavy atom. The Balaban J connectivity index is 0.000000461. The minimum atomic E-state index is 0.0851. The maximum atomic E-state index is 5.84. The topological polar surface area (TPSA) is 18.5 Å². The minimum Gasteiger partial charge on any atom is -0.378 e. The highest BCUT2D eigenvalue weighted by Crippen LogP contribution is 2.42. The standard InChI is InChI=1S/C10H18O2.C2H6/c1-9(2)3-6-12-10(7-9)4-5-11-8-10;1-2/h3-8H2,1-2H3;1-2H3. The van der Waals surface area contributed by atoms with Gasteiger partial charge < -0.3 is 9.47 Å². The largest absolute Gasteiger partial charge is 0.378 e. The van der Waals surface area contributed by atoms with Crippen LogP contribution in [0.4, 0.5) is 0 Å². The summed E-state index contributed by atoms with van der Waals surface area (Å²) in [5.74, 6) is 0. The van der Waals surface area contributed by atoms with Gasteiger partial charge in [-0.15, -0.1) is 0 Å². The Kier molecular flexibility index (Phi) is 3.96. The highest BCUT2D eigenvalue weighted by molar-refractivity contribution is 4.93. The molecule has 0 aromatic rings. The van der Waals surface area contributed by atoms with Crippen LogP contribution in [0.25, 0.3) is 0 Å². The molecule has 0 amide bonds. The van der Waals surface area contributed by atoms with Crippen molar-refractivity contribution in [3.63, 3.8) is 0 Å². The van der Waals surface area contributed by atoms with E-state index in [2.05, 4.69) is 13.8 Å². The van der Waals surface area contributed by atoms with Gasteiger partial charge in [-0.3, -0.25) is 0 Å². The lowest BCUT2D eigenvalue weighted by Gasteiger charge is -2.41. The van der Waals surface area contributed by atoms with E-state index >= 15 is 0 Å². The van der Waals surface area contributed by atoms with Crippen LogP contribution in [0.1, 0.15) is 47.0 Å². The summed E-state index contributed by atoms with van der Waals surface area (Å²) in [6.45, 7) is 11.3. The van der Waals surface area contributed by atoms with Gasteiger partial charge >= 0.3 is 0 Å². The quantitative estimate of drug-likeness (QED) is 0.598. The highest BCUT2D eigenvalue weighted by atomic mass is 16.6. The maximum Gasteiger partial charge on any atom is 0.0941 e. The van der Waals surface area contributed by atoms with Crippen LogP contribution >= 0.6 is 0 Å². The van der Waals surface area contributed by atoms with E-state index in [4.69, 9.17) is 9.47 Å². The number of ether oxygens (including phenoxy) is 2. The maximum absolute atomic E-state index is 5.84. The predicted octanol–water partition coefficient (Wildman–Crippen LogP) is 3.01. The van der Waals surface area contributed by atoms with Crippen LogP contribution in [0.3, 0.4) is 0 Å². The molecule has 0 bridgehead atoms. The van der Waals surface area contributed by atoms with E-state index in [1.54, 1.807) is 0 Å². The summed E-state index contributed by atoms with van der Waals surface area (Å²) in [5, 5.41) is 0. The van der Waals surface area contributed by atoms with Crippen molar-refractivity contribution in [3.05, 3.63) is 0 Å². The van der Waals surface area contributed by atoms with E-state index < -0.39 is 0 Å². The molecule has 84 valence electrons. The highest BCUT2D eigenvalue weighted by Gasteiger charge is 2.43. The average Bonchev–Trinajstić information content (AvgIpc) is 2.54. The molecule has 2 rings (SSSR count). The fourth-order valence-electron chi connectivity index (χ4n) is 2.40. The van der Waals surface area contributed by atoms with Gasteiger partial charge in [-0.25, -0.2) is 0 Å². The Morgan fingerprint density at radius 3 is 2.21 bits per heavy atom. The molecular formula is C12H24O2. The molecule has 1 unspecified atom stereocenters. The molecule has 1 atom stereocenters. The SMILES string of the molecule is CC.CC1(C)CCOC2(CCOC2)C1. The van der Waals surface area contributed by atoms with Crippen molar-refractivity contribution in [1.82, 2.24) is 0 Å². The lowest BCUT2D eigenvalue weighted by Crippen LogP contribution is -2.43. The smallest absolute Gasteiger partial charge is 0.0941 e. The van der Waals surface area contributed by atoms with Gasteiger partial charge in [0.2, 0.25) is 0 Å². The summed E-state index contributed by atoms with van der Waals surface area (Å²) in [4.78, 5) is 0. The van der Waals surface area contributed by atoms with Gasteiger partial charge in [0.25, 0.3) is 0 Å². The second-order valence-electron chi connectivity index (χ2n) is 4.93. The van der Waals surface area contributed by atoms with E-state index in [0.717, 1.165) is 26.2 Å². The zero-order valence-corrected chi connectivity index (χ0v) is 10.1. The van der Waals surface area contributed by atoms with E-state index in [9.17, 15) is 0 Å². The molecule has 2 aliphatic rings. The van der Waals surface area contributed by atoms with Crippen LogP contribution in [-0.4, -0.2) is 25.4 Å². The van der Waals surface area contributed by atoms with Crippen molar-refractivity contribution in [2.24, 2.45) is 5.41 Å². The lowest BCUT2D eigenvalue weighted by atomic mass is 9.75. The molecule has 2 heteroatoms. The molecule has 2 fully saturated rings. The zero-order valence-electron chi connectivity index (χ0n) is 10.1. The van der Waals surface area contributed by atoms with Crippen molar-refractivity contribution in [2.45, 2.75) is 52.6 Å². The summed E-state index contributed by atoms with van der Waals surface area (Å²) in [5.41, 5.74) is 0.535. The molecule has 0 N–H and O–H groups in total. The van der Waals surface area contributed by atoms with Gasteiger partial charge in [-0.1, -0.05) is 27.7 Å². The van der Waals surface area contributed by atoms with Crippen LogP contribution < -0.4 is 0 Å². The zero-order chi connectivity index (χ0) is 10.7. The van der Waals surface area contributed by atoms with E-state index in [0.29, 0.717) is 5.41 Å². The third-order valence-corrected chi connectivity index (χ3v) is 3.05. The van der Waals surface area contributed by atoms with Crippen molar-refractivity contribution in [1.29, 1.82) is 0 Å². The van der Waals surface area contributed by atoms with Gasteiger partial charge in [0.15, 0.2) is 0 Å². The summed E-state index contributed by atoms with van der Waals surface area (Å²) in [6, 6.07) is 0. The first-order valence-corrected chi connectivity index (χ1v) is 5.84. The van der Waals surface area contributed by atoms with Crippen LogP contribution in [0, 0.1) is 5.41 Å². The minimum absolute atomic E-state index is 0.0851. The first kappa shape index (κ1) is 12.0. The molecular weight excluding hydrogens is 176 g/mol. The summed E-state index contributed by atoms with van der Waals surface area (Å²) < 4.78 is 11.2. The molecule has 14 heavy (non-hydrogen) atoms. The average molecular weight is 200 g/mol. The number of rotatable bonds is 0. The summed E-state index contributed by atoms with van der Waals surface area (Å²) in [7, 11) is 0. The fraction of sp³-hybridized carbons (Fsp3) is 1.00. The molecule has 2 aliphatic heterocycles. The van der Waals surface area contributed by atoms with Gasteiger partial charge in [0, 0.05) is 19.6 Å². The molecule has 0 saturated carbocycles. The molecule has 0 radical (unpaired) electrons. The van der Waals surface area contributed by atoms with Crippen LogP contribution in [-0.2, 0) is 9.47 Å². The first-order valence-electron chi connectivity index (χ1n) is 5.84. The lowest BCUT2D eigenvalue weighted by molar-refractivity contribution is -0.117. The Morgan fingerprint density at radius 1 is 1.00 bits per heavy atom. The third-order valence-electron chi connectivity index (χ3n) is 3.05.